The van der Waals surface area contributed by atoms with Gasteiger partial charge in [0.25, 0.3) is 5.91 Å². The Bertz CT molecular complexity index is 713. The number of aryl methyl sites for hydroxylation is 1. The first kappa shape index (κ1) is 15.5. The first-order valence-electron chi connectivity index (χ1n) is 6.56. The van der Waals surface area contributed by atoms with Crippen LogP contribution in [0, 0.1) is 6.92 Å². The zero-order chi connectivity index (χ0) is 16.1. The highest BCUT2D eigenvalue weighted by Gasteiger charge is 2.14. The molecule has 0 aliphatic heterocycles. The summed E-state index contributed by atoms with van der Waals surface area (Å²) in [5.74, 6) is -0.486. The normalized spacial score (nSPS) is 9.95. The largest absolute Gasteiger partial charge is 0.495 e. The highest BCUT2D eigenvalue weighted by molar-refractivity contribution is 6.04. The van der Waals surface area contributed by atoms with Crippen LogP contribution >= 0.6 is 0 Å². The Labute approximate surface area is 128 Å². The number of pyridine rings is 1. The molecule has 1 heterocycles. The molecule has 2 rings (SSSR count). The number of benzene rings is 1. The Morgan fingerprint density at radius 3 is 2.50 bits per heavy atom. The number of hydrogen-bond acceptors (Lipinski definition) is 5. The highest BCUT2D eigenvalue weighted by atomic mass is 16.5. The molecule has 6 nitrogen and oxygen atoms in total. The molecule has 1 N–H and O–H groups in total. The van der Waals surface area contributed by atoms with Gasteiger partial charge in [-0.15, -0.1) is 0 Å². The van der Waals surface area contributed by atoms with Gasteiger partial charge in [0.1, 0.15) is 17.1 Å². The van der Waals surface area contributed by atoms with Gasteiger partial charge in [0, 0.05) is 0 Å². The fourth-order valence-corrected chi connectivity index (χ4v) is 1.89. The second kappa shape index (κ2) is 6.71. The van der Waals surface area contributed by atoms with E-state index < -0.39 is 11.9 Å². The quantitative estimate of drug-likeness (QED) is 0.877. The lowest BCUT2D eigenvalue weighted by atomic mass is 10.2. The van der Waals surface area contributed by atoms with Gasteiger partial charge in [-0.3, -0.25) is 4.79 Å². The van der Waals surface area contributed by atoms with Crippen molar-refractivity contribution in [3.05, 3.63) is 53.3 Å². The molecule has 1 aromatic heterocycles. The Kier molecular flexibility index (Phi) is 4.73. The third-order valence-corrected chi connectivity index (χ3v) is 2.98. The van der Waals surface area contributed by atoms with Crippen LogP contribution in [0.15, 0.2) is 36.4 Å². The van der Waals surface area contributed by atoms with Gasteiger partial charge < -0.3 is 14.8 Å². The summed E-state index contributed by atoms with van der Waals surface area (Å²) in [5, 5.41) is 2.72. The van der Waals surface area contributed by atoms with Crippen LogP contribution in [-0.4, -0.2) is 31.1 Å². The van der Waals surface area contributed by atoms with Crippen molar-refractivity contribution in [3.8, 4) is 5.75 Å². The van der Waals surface area contributed by atoms with Crippen molar-refractivity contribution >= 4 is 17.6 Å². The van der Waals surface area contributed by atoms with E-state index in [9.17, 15) is 9.59 Å². The third-order valence-electron chi connectivity index (χ3n) is 2.98. The second-order valence-corrected chi connectivity index (χ2v) is 4.56. The molecular weight excluding hydrogens is 284 g/mol. The van der Waals surface area contributed by atoms with Crippen molar-refractivity contribution in [2.24, 2.45) is 0 Å². The van der Waals surface area contributed by atoms with E-state index >= 15 is 0 Å². The lowest BCUT2D eigenvalue weighted by Gasteiger charge is -2.11. The van der Waals surface area contributed by atoms with Crippen LogP contribution in [0.25, 0.3) is 0 Å². The van der Waals surface area contributed by atoms with Gasteiger partial charge in [-0.05, 0) is 36.8 Å². The van der Waals surface area contributed by atoms with Gasteiger partial charge in [-0.1, -0.05) is 12.1 Å². The van der Waals surface area contributed by atoms with Crippen LogP contribution in [0.4, 0.5) is 5.69 Å². The van der Waals surface area contributed by atoms with Gasteiger partial charge in [-0.25, -0.2) is 9.78 Å². The number of carbonyl (C=O) groups excluding carboxylic acids is 2. The molecule has 0 aliphatic carbocycles. The number of esters is 1. The zero-order valence-corrected chi connectivity index (χ0v) is 12.5. The first-order chi connectivity index (χ1) is 10.5. The Hall–Kier alpha value is -2.89. The molecule has 0 fully saturated rings. The minimum absolute atomic E-state index is 0.0753. The number of aromatic nitrogens is 1. The van der Waals surface area contributed by atoms with Gasteiger partial charge in [0.2, 0.25) is 0 Å². The molecule has 0 saturated heterocycles. The summed E-state index contributed by atoms with van der Waals surface area (Å²) in [6.07, 6.45) is 0. The maximum Gasteiger partial charge on any atom is 0.356 e. The van der Waals surface area contributed by atoms with Crippen LogP contribution in [-0.2, 0) is 4.74 Å². The first-order valence-corrected chi connectivity index (χ1v) is 6.56. The molecular formula is C16H16N2O4. The number of carbonyl (C=O) groups is 2. The summed E-state index contributed by atoms with van der Waals surface area (Å²) in [5.41, 5.74) is 1.71. The molecule has 114 valence electrons. The SMILES string of the molecule is COC(=O)c1cccc(C(=O)Nc2cc(C)ccc2OC)n1. The molecule has 0 atom stereocenters. The topological polar surface area (TPSA) is 77.5 Å². The molecule has 6 heteroatoms. The van der Waals surface area contributed by atoms with E-state index in [2.05, 4.69) is 15.0 Å². The average molecular weight is 300 g/mol. The van der Waals surface area contributed by atoms with Crippen LogP contribution in [0.1, 0.15) is 26.5 Å². The van der Waals surface area contributed by atoms with E-state index in [-0.39, 0.29) is 11.4 Å². The lowest BCUT2D eigenvalue weighted by molar-refractivity contribution is 0.0594. The molecule has 0 saturated carbocycles. The second-order valence-electron chi connectivity index (χ2n) is 4.56. The smallest absolute Gasteiger partial charge is 0.356 e. The van der Waals surface area contributed by atoms with Gasteiger partial charge in [0.15, 0.2) is 0 Å². The number of rotatable bonds is 4. The molecule has 0 bridgehead atoms. The Morgan fingerprint density at radius 1 is 1.09 bits per heavy atom. The number of anilines is 1. The number of nitrogens with zero attached hydrogens (tertiary/aromatic N) is 1. The van der Waals surface area contributed by atoms with Crippen molar-refractivity contribution in [2.75, 3.05) is 19.5 Å². The minimum Gasteiger partial charge on any atom is -0.495 e. The van der Waals surface area contributed by atoms with E-state index in [1.54, 1.807) is 18.2 Å². The van der Waals surface area contributed by atoms with Crippen molar-refractivity contribution in [3.63, 3.8) is 0 Å². The summed E-state index contributed by atoms with van der Waals surface area (Å²) in [4.78, 5) is 27.7. The van der Waals surface area contributed by atoms with Crippen molar-refractivity contribution in [1.82, 2.24) is 4.98 Å². The number of methoxy groups -OCH3 is 2. The van der Waals surface area contributed by atoms with Crippen molar-refractivity contribution in [1.29, 1.82) is 0 Å². The molecule has 0 spiro atoms. The zero-order valence-electron chi connectivity index (χ0n) is 12.5. The number of ether oxygens (including phenoxy) is 2. The van der Waals surface area contributed by atoms with Gasteiger partial charge in [0.05, 0.1) is 19.9 Å². The van der Waals surface area contributed by atoms with Crippen LogP contribution in [0.5, 0.6) is 5.75 Å². The summed E-state index contributed by atoms with van der Waals surface area (Å²) < 4.78 is 9.80. The van der Waals surface area contributed by atoms with Gasteiger partial charge in [-0.2, -0.15) is 0 Å². The monoisotopic (exact) mass is 300 g/mol. The van der Waals surface area contributed by atoms with Crippen molar-refractivity contribution < 1.29 is 19.1 Å². The molecule has 2 aromatic rings. The maximum atomic E-state index is 12.3. The molecule has 0 radical (unpaired) electrons. The fraction of sp³-hybridized carbons (Fsp3) is 0.188. The van der Waals surface area contributed by atoms with E-state index in [0.29, 0.717) is 11.4 Å². The molecule has 22 heavy (non-hydrogen) atoms. The minimum atomic E-state index is -0.595. The van der Waals surface area contributed by atoms with E-state index in [4.69, 9.17) is 4.74 Å². The maximum absolute atomic E-state index is 12.3. The molecule has 1 amide bonds. The molecule has 1 aromatic carbocycles. The molecule has 0 unspecified atom stereocenters. The van der Waals surface area contributed by atoms with E-state index in [1.165, 1.54) is 26.4 Å². The van der Waals surface area contributed by atoms with Gasteiger partial charge >= 0.3 is 5.97 Å². The lowest BCUT2D eigenvalue weighted by Crippen LogP contribution is -2.16. The fourth-order valence-electron chi connectivity index (χ4n) is 1.89. The average Bonchev–Trinajstić information content (AvgIpc) is 2.54. The summed E-state index contributed by atoms with van der Waals surface area (Å²) in [6.45, 7) is 1.91. The van der Waals surface area contributed by atoms with E-state index in [1.807, 2.05) is 13.0 Å². The van der Waals surface area contributed by atoms with Crippen LogP contribution in [0.2, 0.25) is 0 Å². The number of nitrogens with one attached hydrogen (secondary N) is 1. The summed E-state index contributed by atoms with van der Waals surface area (Å²) in [6, 6.07) is 10.0. The molecule has 0 aliphatic rings. The van der Waals surface area contributed by atoms with E-state index in [0.717, 1.165) is 5.56 Å². The van der Waals surface area contributed by atoms with Crippen molar-refractivity contribution in [2.45, 2.75) is 6.92 Å². The Balaban J connectivity index is 2.26. The predicted octanol–water partition coefficient (Wildman–Crippen LogP) is 2.44. The third kappa shape index (κ3) is 3.41. The Morgan fingerprint density at radius 2 is 1.82 bits per heavy atom. The highest BCUT2D eigenvalue weighted by Crippen LogP contribution is 2.25. The number of amides is 1. The van der Waals surface area contributed by atoms with Crippen LogP contribution < -0.4 is 10.1 Å². The van der Waals surface area contributed by atoms with Crippen LogP contribution in [0.3, 0.4) is 0 Å². The summed E-state index contributed by atoms with van der Waals surface area (Å²) >= 11 is 0. The standard InChI is InChI=1S/C16H16N2O4/c1-10-7-8-14(21-2)13(9-10)18-15(19)11-5-4-6-12(17-11)16(20)22-3/h4-9H,1-3H3,(H,18,19). The number of hydrogen-bond donors (Lipinski definition) is 1. The predicted molar refractivity (Wildman–Crippen MR) is 81.3 cm³/mol. The summed E-state index contributed by atoms with van der Waals surface area (Å²) in [7, 11) is 2.78.